The molecule has 8 nitrogen and oxygen atoms in total. The van der Waals surface area contributed by atoms with E-state index in [-0.39, 0.29) is 12.5 Å². The largest absolute Gasteiger partial charge is 0.383 e. The molecule has 2 N–H and O–H groups in total. The summed E-state index contributed by atoms with van der Waals surface area (Å²) in [5.41, 5.74) is 0.855. The molecule has 0 saturated carbocycles. The molecule has 0 bridgehead atoms. The highest BCUT2D eigenvalue weighted by Gasteiger charge is 2.06. The number of carbonyl (C=O) groups excluding carboxylic acids is 1. The van der Waals surface area contributed by atoms with Crippen molar-refractivity contribution < 1.29 is 9.53 Å². The lowest BCUT2D eigenvalue weighted by Crippen LogP contribution is -2.43. The number of guanidine groups is 1. The van der Waals surface area contributed by atoms with E-state index in [1.807, 2.05) is 37.2 Å². The summed E-state index contributed by atoms with van der Waals surface area (Å²) in [5, 5.41) is 6.15. The van der Waals surface area contributed by atoms with E-state index in [2.05, 4.69) is 20.6 Å². The molecule has 0 radical (unpaired) electrons. The summed E-state index contributed by atoms with van der Waals surface area (Å²) in [6.45, 7) is 1.75. The summed E-state index contributed by atoms with van der Waals surface area (Å²) in [6, 6.07) is 5.82. The Balaban J connectivity index is 2.71. The Kier molecular flexibility index (Phi) is 8.56. The standard InChI is InChI=1S/C16H28N6O2/c1-21(2)14-8-6-7-13(20-14)11-18-16(17-9-10-24-5)19-12-15(23)22(3)4/h6-8H,9-12H2,1-5H3,(H2,17,18,19). The summed E-state index contributed by atoms with van der Waals surface area (Å²) in [7, 11) is 8.97. The number of hydrogen-bond acceptors (Lipinski definition) is 5. The number of amides is 1. The van der Waals surface area contributed by atoms with Crippen LogP contribution in [-0.2, 0) is 16.1 Å². The number of anilines is 1. The molecule has 1 aromatic heterocycles. The quantitative estimate of drug-likeness (QED) is 0.392. The van der Waals surface area contributed by atoms with E-state index < -0.39 is 0 Å². The number of likely N-dealkylation sites (N-methyl/N-ethyl adjacent to an activating group) is 1. The second-order valence-electron chi connectivity index (χ2n) is 5.61. The number of hydrogen-bond donors (Lipinski definition) is 2. The Morgan fingerprint density at radius 3 is 2.62 bits per heavy atom. The van der Waals surface area contributed by atoms with Gasteiger partial charge in [0.15, 0.2) is 5.96 Å². The van der Waals surface area contributed by atoms with Crippen LogP contribution >= 0.6 is 0 Å². The van der Waals surface area contributed by atoms with E-state index in [1.165, 1.54) is 4.90 Å². The van der Waals surface area contributed by atoms with Gasteiger partial charge in [0, 0.05) is 41.8 Å². The molecule has 0 fully saturated rings. The number of carbonyl (C=O) groups is 1. The number of methoxy groups -OCH3 is 1. The van der Waals surface area contributed by atoms with E-state index in [4.69, 9.17) is 4.74 Å². The minimum atomic E-state index is -0.0241. The van der Waals surface area contributed by atoms with Crippen molar-refractivity contribution >= 4 is 17.7 Å². The van der Waals surface area contributed by atoms with Gasteiger partial charge in [-0.05, 0) is 12.1 Å². The topological polar surface area (TPSA) is 82.1 Å². The van der Waals surface area contributed by atoms with E-state index in [0.717, 1.165) is 11.5 Å². The van der Waals surface area contributed by atoms with Gasteiger partial charge in [-0.1, -0.05) is 6.07 Å². The number of nitrogens with zero attached hydrogens (tertiary/aromatic N) is 4. The number of nitrogens with one attached hydrogen (secondary N) is 2. The maximum absolute atomic E-state index is 11.7. The van der Waals surface area contributed by atoms with Crippen LogP contribution < -0.4 is 15.5 Å². The molecule has 0 spiro atoms. The zero-order valence-electron chi connectivity index (χ0n) is 15.2. The normalized spacial score (nSPS) is 11.1. The molecule has 0 aromatic carbocycles. The molecular weight excluding hydrogens is 308 g/mol. The van der Waals surface area contributed by atoms with Crippen molar-refractivity contribution in [3.63, 3.8) is 0 Å². The molecule has 0 atom stereocenters. The fourth-order valence-electron chi connectivity index (χ4n) is 1.73. The van der Waals surface area contributed by atoms with Crippen LogP contribution in [0.3, 0.4) is 0 Å². The van der Waals surface area contributed by atoms with Crippen molar-refractivity contribution in [3.8, 4) is 0 Å². The molecule has 0 aliphatic carbocycles. The van der Waals surface area contributed by atoms with Gasteiger partial charge in [0.1, 0.15) is 5.82 Å². The first-order valence-electron chi connectivity index (χ1n) is 7.78. The van der Waals surface area contributed by atoms with Gasteiger partial charge in [0.2, 0.25) is 5.91 Å². The van der Waals surface area contributed by atoms with E-state index in [9.17, 15) is 4.79 Å². The van der Waals surface area contributed by atoms with Gasteiger partial charge in [0.25, 0.3) is 0 Å². The van der Waals surface area contributed by atoms with E-state index >= 15 is 0 Å². The number of pyridine rings is 1. The fraction of sp³-hybridized carbons (Fsp3) is 0.562. The van der Waals surface area contributed by atoms with E-state index in [1.54, 1.807) is 21.2 Å². The molecule has 134 valence electrons. The predicted molar refractivity (Wildman–Crippen MR) is 96.3 cm³/mol. The molecule has 8 heteroatoms. The van der Waals surface area contributed by atoms with Crippen molar-refractivity contribution in [2.75, 3.05) is 59.9 Å². The van der Waals surface area contributed by atoms with Crippen LogP contribution in [-0.4, -0.2) is 76.7 Å². The summed E-state index contributed by atoms with van der Waals surface area (Å²) in [4.78, 5) is 24.2. The number of aromatic nitrogens is 1. The maximum atomic E-state index is 11.7. The third-order valence-corrected chi connectivity index (χ3v) is 3.15. The van der Waals surface area contributed by atoms with Gasteiger partial charge in [-0.3, -0.25) is 4.79 Å². The van der Waals surface area contributed by atoms with Crippen molar-refractivity contribution in [3.05, 3.63) is 23.9 Å². The SMILES string of the molecule is COCCNC(=NCc1cccc(N(C)C)n1)NCC(=O)N(C)C. The molecule has 0 aliphatic rings. The molecule has 0 aliphatic heterocycles. The second kappa shape index (κ2) is 10.4. The molecule has 1 heterocycles. The van der Waals surface area contributed by atoms with Crippen molar-refractivity contribution in [1.82, 2.24) is 20.5 Å². The highest BCUT2D eigenvalue weighted by Crippen LogP contribution is 2.08. The first kappa shape index (κ1) is 19.7. The molecule has 24 heavy (non-hydrogen) atoms. The minimum absolute atomic E-state index is 0.0241. The summed E-state index contributed by atoms with van der Waals surface area (Å²) >= 11 is 0. The Morgan fingerprint density at radius 1 is 1.25 bits per heavy atom. The lowest BCUT2D eigenvalue weighted by atomic mass is 10.3. The summed E-state index contributed by atoms with van der Waals surface area (Å²) in [6.07, 6.45) is 0. The first-order chi connectivity index (χ1) is 11.4. The molecule has 0 unspecified atom stereocenters. The van der Waals surface area contributed by atoms with Gasteiger partial charge in [-0.25, -0.2) is 9.98 Å². The van der Waals surface area contributed by atoms with Crippen LogP contribution in [0.2, 0.25) is 0 Å². The third kappa shape index (κ3) is 7.28. The number of rotatable bonds is 8. The highest BCUT2D eigenvalue weighted by atomic mass is 16.5. The minimum Gasteiger partial charge on any atom is -0.383 e. The van der Waals surface area contributed by atoms with Gasteiger partial charge >= 0.3 is 0 Å². The molecular formula is C16H28N6O2. The molecule has 1 amide bonds. The van der Waals surface area contributed by atoms with Crippen LogP contribution in [0.4, 0.5) is 5.82 Å². The van der Waals surface area contributed by atoms with Crippen molar-refractivity contribution in [2.45, 2.75) is 6.54 Å². The lowest BCUT2D eigenvalue weighted by molar-refractivity contribution is -0.127. The third-order valence-electron chi connectivity index (χ3n) is 3.15. The van der Waals surface area contributed by atoms with E-state index in [0.29, 0.717) is 25.7 Å². The Bertz CT molecular complexity index is 545. The average molecular weight is 336 g/mol. The smallest absolute Gasteiger partial charge is 0.241 e. The number of aliphatic imine (C=N–C) groups is 1. The van der Waals surface area contributed by atoms with Gasteiger partial charge in [0.05, 0.1) is 25.4 Å². The predicted octanol–water partition coefficient (Wildman–Crippen LogP) is -0.0826. The summed E-state index contributed by atoms with van der Waals surface area (Å²) < 4.78 is 5.02. The van der Waals surface area contributed by atoms with Gasteiger partial charge in [-0.15, -0.1) is 0 Å². The fourth-order valence-corrected chi connectivity index (χ4v) is 1.73. The lowest BCUT2D eigenvalue weighted by Gasteiger charge is -2.15. The van der Waals surface area contributed by atoms with Crippen LogP contribution in [0.1, 0.15) is 5.69 Å². The first-order valence-corrected chi connectivity index (χ1v) is 7.78. The monoisotopic (exact) mass is 336 g/mol. The second-order valence-corrected chi connectivity index (χ2v) is 5.61. The van der Waals surface area contributed by atoms with Crippen LogP contribution in [0.25, 0.3) is 0 Å². The highest BCUT2D eigenvalue weighted by molar-refractivity contribution is 5.86. The molecule has 1 rings (SSSR count). The zero-order chi connectivity index (χ0) is 17.9. The van der Waals surface area contributed by atoms with Crippen LogP contribution in [0.15, 0.2) is 23.2 Å². The maximum Gasteiger partial charge on any atom is 0.241 e. The number of ether oxygens (including phenoxy) is 1. The Labute approximate surface area is 143 Å². The zero-order valence-corrected chi connectivity index (χ0v) is 15.2. The van der Waals surface area contributed by atoms with Crippen molar-refractivity contribution in [2.24, 2.45) is 4.99 Å². The molecule has 1 aromatic rings. The average Bonchev–Trinajstić information content (AvgIpc) is 2.56. The Hall–Kier alpha value is -2.35. The van der Waals surface area contributed by atoms with Gasteiger partial charge < -0.3 is 25.2 Å². The Morgan fingerprint density at radius 2 is 2.00 bits per heavy atom. The van der Waals surface area contributed by atoms with Gasteiger partial charge in [-0.2, -0.15) is 0 Å². The molecule has 0 saturated heterocycles. The van der Waals surface area contributed by atoms with Crippen LogP contribution in [0.5, 0.6) is 0 Å². The summed E-state index contributed by atoms with van der Waals surface area (Å²) in [5.74, 6) is 1.41. The van der Waals surface area contributed by atoms with Crippen LogP contribution in [0, 0.1) is 0 Å². The van der Waals surface area contributed by atoms with Crippen molar-refractivity contribution in [1.29, 1.82) is 0 Å².